The number of hydrogen-bond donors (Lipinski definition) is 1. The van der Waals surface area contributed by atoms with E-state index in [9.17, 15) is 0 Å². The molecule has 0 saturated heterocycles. The number of nitrogens with zero attached hydrogens (tertiary/aromatic N) is 1. The first-order valence-electron chi connectivity index (χ1n) is 5.63. The average Bonchev–Trinajstić information content (AvgIpc) is 2.77. The van der Waals surface area contributed by atoms with Crippen LogP contribution in [0.2, 0.25) is 0 Å². The van der Waals surface area contributed by atoms with Crippen molar-refractivity contribution in [2.75, 3.05) is 12.4 Å². The van der Waals surface area contributed by atoms with Gasteiger partial charge in [0.05, 0.1) is 19.1 Å². The van der Waals surface area contributed by atoms with Crippen LogP contribution in [0.5, 0.6) is 5.75 Å². The van der Waals surface area contributed by atoms with Crippen LogP contribution in [0.15, 0.2) is 24.3 Å². The topological polar surface area (TPSA) is 45.0 Å². The minimum Gasteiger partial charge on any atom is -0.497 e. The van der Waals surface area contributed by atoms with E-state index < -0.39 is 0 Å². The van der Waals surface area contributed by atoms with Gasteiger partial charge in [0.1, 0.15) is 5.75 Å². The van der Waals surface area contributed by atoms with Crippen LogP contribution in [0, 0.1) is 17.2 Å². The summed E-state index contributed by atoms with van der Waals surface area (Å²) >= 11 is 0. The van der Waals surface area contributed by atoms with Gasteiger partial charge in [-0.25, -0.2) is 0 Å². The number of hydrogen-bond acceptors (Lipinski definition) is 3. The quantitative estimate of drug-likeness (QED) is 0.845. The van der Waals surface area contributed by atoms with Gasteiger partial charge in [0, 0.05) is 11.7 Å². The largest absolute Gasteiger partial charge is 0.497 e. The maximum absolute atomic E-state index is 8.99. The summed E-state index contributed by atoms with van der Waals surface area (Å²) in [6.07, 6.45) is 3.25. The molecule has 2 rings (SSSR count). The molecule has 84 valence electrons. The van der Waals surface area contributed by atoms with Gasteiger partial charge in [-0.05, 0) is 43.5 Å². The van der Waals surface area contributed by atoms with Crippen molar-refractivity contribution >= 4 is 5.69 Å². The van der Waals surface area contributed by atoms with Crippen LogP contribution in [0.4, 0.5) is 5.69 Å². The van der Waals surface area contributed by atoms with Crippen molar-refractivity contribution in [2.45, 2.75) is 25.3 Å². The molecule has 1 aliphatic carbocycles. The SMILES string of the molecule is COc1ccc(NC2CCCC2C#N)cc1. The van der Waals surface area contributed by atoms with Gasteiger partial charge in [0.2, 0.25) is 0 Å². The van der Waals surface area contributed by atoms with Gasteiger partial charge in [-0.2, -0.15) is 5.26 Å². The second-order valence-corrected chi connectivity index (χ2v) is 4.15. The van der Waals surface area contributed by atoms with E-state index in [1.165, 1.54) is 0 Å². The Bertz CT molecular complexity index is 380. The summed E-state index contributed by atoms with van der Waals surface area (Å²) in [4.78, 5) is 0. The second-order valence-electron chi connectivity index (χ2n) is 4.15. The Labute approximate surface area is 96.0 Å². The zero-order valence-corrected chi connectivity index (χ0v) is 9.44. The Hall–Kier alpha value is -1.69. The monoisotopic (exact) mass is 216 g/mol. The smallest absolute Gasteiger partial charge is 0.119 e. The van der Waals surface area contributed by atoms with Crippen molar-refractivity contribution in [3.05, 3.63) is 24.3 Å². The van der Waals surface area contributed by atoms with Gasteiger partial charge in [-0.3, -0.25) is 0 Å². The van der Waals surface area contributed by atoms with Crippen molar-refractivity contribution < 1.29 is 4.74 Å². The highest BCUT2D eigenvalue weighted by atomic mass is 16.5. The molecule has 3 heteroatoms. The number of ether oxygens (including phenoxy) is 1. The fourth-order valence-electron chi connectivity index (χ4n) is 2.19. The fraction of sp³-hybridized carbons (Fsp3) is 0.462. The fourth-order valence-corrected chi connectivity index (χ4v) is 2.19. The molecule has 0 bridgehead atoms. The van der Waals surface area contributed by atoms with Gasteiger partial charge in [-0.15, -0.1) is 0 Å². The summed E-state index contributed by atoms with van der Waals surface area (Å²) in [7, 11) is 1.66. The van der Waals surface area contributed by atoms with E-state index in [1.54, 1.807) is 7.11 Å². The molecular formula is C13H16N2O. The zero-order chi connectivity index (χ0) is 11.4. The standard InChI is InChI=1S/C13H16N2O/c1-16-12-7-5-11(6-8-12)15-13-4-2-3-10(13)9-14/h5-8,10,13,15H,2-4H2,1H3. The molecule has 1 aromatic carbocycles. The van der Waals surface area contributed by atoms with Crippen molar-refractivity contribution in [3.63, 3.8) is 0 Å². The summed E-state index contributed by atoms with van der Waals surface area (Å²) in [5.41, 5.74) is 1.06. The van der Waals surface area contributed by atoms with Crippen molar-refractivity contribution in [2.24, 2.45) is 5.92 Å². The lowest BCUT2D eigenvalue weighted by Crippen LogP contribution is -2.22. The molecule has 1 fully saturated rings. The van der Waals surface area contributed by atoms with E-state index in [-0.39, 0.29) is 5.92 Å². The Morgan fingerprint density at radius 2 is 2.06 bits per heavy atom. The van der Waals surface area contributed by atoms with Crippen LogP contribution < -0.4 is 10.1 Å². The molecular weight excluding hydrogens is 200 g/mol. The number of nitriles is 1. The third-order valence-electron chi connectivity index (χ3n) is 3.12. The van der Waals surface area contributed by atoms with Gasteiger partial charge in [-0.1, -0.05) is 0 Å². The highest BCUT2D eigenvalue weighted by Crippen LogP contribution is 2.28. The second kappa shape index (κ2) is 4.89. The Morgan fingerprint density at radius 3 is 2.69 bits per heavy atom. The van der Waals surface area contributed by atoms with Crippen molar-refractivity contribution in [1.82, 2.24) is 0 Å². The third kappa shape index (κ3) is 2.27. The number of methoxy groups -OCH3 is 1. The van der Waals surface area contributed by atoms with Crippen LogP contribution in [-0.4, -0.2) is 13.2 Å². The summed E-state index contributed by atoms with van der Waals surface area (Å²) < 4.78 is 5.10. The number of nitrogens with one attached hydrogen (secondary N) is 1. The normalized spacial score (nSPS) is 23.8. The molecule has 3 nitrogen and oxygen atoms in total. The molecule has 1 saturated carbocycles. The number of benzene rings is 1. The van der Waals surface area contributed by atoms with Gasteiger partial charge < -0.3 is 10.1 Å². The van der Waals surface area contributed by atoms with E-state index in [1.807, 2.05) is 24.3 Å². The minimum absolute atomic E-state index is 0.155. The molecule has 2 unspecified atom stereocenters. The van der Waals surface area contributed by atoms with Crippen molar-refractivity contribution in [1.29, 1.82) is 5.26 Å². The molecule has 16 heavy (non-hydrogen) atoms. The predicted octanol–water partition coefficient (Wildman–Crippen LogP) is 2.80. The summed E-state index contributed by atoms with van der Waals surface area (Å²) in [5, 5.41) is 12.4. The Balaban J connectivity index is 2.01. The zero-order valence-electron chi connectivity index (χ0n) is 9.44. The van der Waals surface area contributed by atoms with E-state index in [2.05, 4.69) is 11.4 Å². The molecule has 1 N–H and O–H groups in total. The van der Waals surface area contributed by atoms with Gasteiger partial charge in [0.15, 0.2) is 0 Å². The third-order valence-corrected chi connectivity index (χ3v) is 3.12. The van der Waals surface area contributed by atoms with Crippen LogP contribution in [0.25, 0.3) is 0 Å². The van der Waals surface area contributed by atoms with Crippen LogP contribution in [-0.2, 0) is 0 Å². The Kier molecular flexibility index (Phi) is 3.31. The first-order chi connectivity index (χ1) is 7.83. The maximum Gasteiger partial charge on any atom is 0.119 e. The summed E-state index contributed by atoms with van der Waals surface area (Å²) in [6.45, 7) is 0. The average molecular weight is 216 g/mol. The molecule has 0 aliphatic heterocycles. The maximum atomic E-state index is 8.99. The first kappa shape index (κ1) is 10.8. The molecule has 0 aromatic heterocycles. The lowest BCUT2D eigenvalue weighted by molar-refractivity contribution is 0.415. The molecule has 0 radical (unpaired) electrons. The highest BCUT2D eigenvalue weighted by Gasteiger charge is 2.26. The Morgan fingerprint density at radius 1 is 1.31 bits per heavy atom. The van der Waals surface area contributed by atoms with Crippen LogP contribution in [0.1, 0.15) is 19.3 Å². The van der Waals surface area contributed by atoms with E-state index in [4.69, 9.17) is 10.00 Å². The molecule has 0 spiro atoms. The minimum atomic E-state index is 0.155. The van der Waals surface area contributed by atoms with Crippen LogP contribution >= 0.6 is 0 Å². The molecule has 1 aromatic rings. The summed E-state index contributed by atoms with van der Waals surface area (Å²) in [5.74, 6) is 1.01. The lowest BCUT2D eigenvalue weighted by atomic mass is 10.1. The predicted molar refractivity (Wildman–Crippen MR) is 63.4 cm³/mol. The molecule has 2 atom stereocenters. The van der Waals surface area contributed by atoms with Gasteiger partial charge >= 0.3 is 0 Å². The van der Waals surface area contributed by atoms with Crippen molar-refractivity contribution in [3.8, 4) is 11.8 Å². The van der Waals surface area contributed by atoms with E-state index in [0.717, 1.165) is 30.7 Å². The number of anilines is 1. The highest BCUT2D eigenvalue weighted by molar-refractivity contribution is 5.47. The van der Waals surface area contributed by atoms with E-state index in [0.29, 0.717) is 6.04 Å². The molecule has 1 aliphatic rings. The van der Waals surface area contributed by atoms with Crippen LogP contribution in [0.3, 0.4) is 0 Å². The van der Waals surface area contributed by atoms with E-state index >= 15 is 0 Å². The summed E-state index contributed by atoms with van der Waals surface area (Å²) in [6, 6.07) is 10.5. The molecule has 0 heterocycles. The molecule has 0 amide bonds. The van der Waals surface area contributed by atoms with Gasteiger partial charge in [0.25, 0.3) is 0 Å². The number of rotatable bonds is 3. The first-order valence-corrected chi connectivity index (χ1v) is 5.63. The lowest BCUT2D eigenvalue weighted by Gasteiger charge is -2.17.